The van der Waals surface area contributed by atoms with Crippen molar-refractivity contribution in [1.82, 2.24) is 0 Å². The lowest BCUT2D eigenvalue weighted by Crippen LogP contribution is -2.12. The molecule has 0 aliphatic rings. The van der Waals surface area contributed by atoms with Crippen LogP contribution in [0.2, 0.25) is 0 Å². The van der Waals surface area contributed by atoms with Gasteiger partial charge in [0.2, 0.25) is 0 Å². The summed E-state index contributed by atoms with van der Waals surface area (Å²) in [5, 5.41) is 0. The van der Waals surface area contributed by atoms with Gasteiger partial charge < -0.3 is 0 Å². The lowest BCUT2D eigenvalue weighted by Gasteiger charge is -2.20. The Balaban J connectivity index is 3.43. The van der Waals surface area contributed by atoms with Crippen LogP contribution < -0.4 is 0 Å². The third-order valence-corrected chi connectivity index (χ3v) is 3.78. The van der Waals surface area contributed by atoms with Gasteiger partial charge in [0, 0.05) is 10.7 Å². The molecule has 0 saturated carbocycles. The molecule has 15 heavy (non-hydrogen) atoms. The van der Waals surface area contributed by atoms with Crippen LogP contribution in [-0.4, -0.2) is 8.42 Å². The van der Waals surface area contributed by atoms with Crippen molar-refractivity contribution in [3.63, 3.8) is 0 Å². The molecule has 2 nitrogen and oxygen atoms in total. The Morgan fingerprint density at radius 1 is 1.20 bits per heavy atom. The summed E-state index contributed by atoms with van der Waals surface area (Å²) in [5.41, 5.74) is 1.56. The van der Waals surface area contributed by atoms with Gasteiger partial charge in [-0.3, -0.25) is 0 Å². The summed E-state index contributed by atoms with van der Waals surface area (Å²) in [6.07, 6.45) is 0. The molecule has 0 aromatic heterocycles. The second-order valence-corrected chi connectivity index (χ2v) is 7.20. The van der Waals surface area contributed by atoms with Crippen LogP contribution in [0.1, 0.15) is 31.9 Å². The normalized spacial score (nSPS) is 12.9. The van der Waals surface area contributed by atoms with E-state index in [4.69, 9.17) is 10.7 Å². The van der Waals surface area contributed by atoms with Crippen LogP contribution in [0.4, 0.5) is 0 Å². The highest BCUT2D eigenvalue weighted by molar-refractivity contribution is 8.13. The van der Waals surface area contributed by atoms with Crippen molar-refractivity contribution in [2.45, 2.75) is 38.0 Å². The molecule has 0 radical (unpaired) electrons. The highest BCUT2D eigenvalue weighted by atomic mass is 35.7. The molecule has 1 aromatic carbocycles. The molecule has 0 bridgehead atoms. The molecule has 0 atom stereocenters. The topological polar surface area (TPSA) is 34.1 Å². The molecule has 0 fully saturated rings. The van der Waals surface area contributed by atoms with Gasteiger partial charge >= 0.3 is 0 Å². The zero-order chi connectivity index (χ0) is 11.9. The largest absolute Gasteiger partial charge is 0.261 e. The molecule has 0 amide bonds. The van der Waals surface area contributed by atoms with Crippen LogP contribution in [-0.2, 0) is 14.5 Å². The molecular weight excluding hydrogens is 232 g/mol. The fourth-order valence-corrected chi connectivity index (χ4v) is 2.55. The van der Waals surface area contributed by atoms with E-state index in [9.17, 15) is 8.42 Å². The van der Waals surface area contributed by atoms with Crippen molar-refractivity contribution in [1.29, 1.82) is 0 Å². The van der Waals surface area contributed by atoms with Crippen LogP contribution in [0.25, 0.3) is 0 Å². The van der Waals surface area contributed by atoms with E-state index in [-0.39, 0.29) is 10.3 Å². The molecule has 0 unspecified atom stereocenters. The van der Waals surface area contributed by atoms with E-state index in [1.165, 1.54) is 0 Å². The number of aryl methyl sites for hydroxylation is 1. The summed E-state index contributed by atoms with van der Waals surface area (Å²) in [6, 6.07) is 5.37. The average Bonchev–Trinajstić information content (AvgIpc) is 2.00. The molecule has 4 heteroatoms. The van der Waals surface area contributed by atoms with E-state index in [0.717, 1.165) is 5.56 Å². The van der Waals surface area contributed by atoms with Crippen molar-refractivity contribution in [3.8, 4) is 0 Å². The lowest BCUT2D eigenvalue weighted by molar-refractivity contribution is 0.586. The first kappa shape index (κ1) is 12.5. The van der Waals surface area contributed by atoms with Crippen molar-refractivity contribution in [3.05, 3.63) is 29.3 Å². The molecule has 1 rings (SSSR count). The smallest absolute Gasteiger partial charge is 0.207 e. The number of hydrogen-bond donors (Lipinski definition) is 0. The SMILES string of the molecule is Cc1ccc(C(C)(C)C)cc1S(=O)(=O)Cl. The first-order valence-electron chi connectivity index (χ1n) is 4.68. The lowest BCUT2D eigenvalue weighted by atomic mass is 9.87. The molecule has 0 spiro atoms. The molecule has 0 N–H and O–H groups in total. The summed E-state index contributed by atoms with van der Waals surface area (Å²) < 4.78 is 22.6. The van der Waals surface area contributed by atoms with Crippen LogP contribution in [0.3, 0.4) is 0 Å². The Hall–Kier alpha value is -0.540. The van der Waals surface area contributed by atoms with Crippen molar-refractivity contribution in [2.75, 3.05) is 0 Å². The monoisotopic (exact) mass is 246 g/mol. The second-order valence-electron chi connectivity index (χ2n) is 4.67. The van der Waals surface area contributed by atoms with Crippen LogP contribution in [0.5, 0.6) is 0 Å². The quantitative estimate of drug-likeness (QED) is 0.713. The van der Waals surface area contributed by atoms with Crippen LogP contribution >= 0.6 is 10.7 Å². The Kier molecular flexibility index (Phi) is 3.17. The molecule has 0 aliphatic carbocycles. The maximum Gasteiger partial charge on any atom is 0.261 e. The van der Waals surface area contributed by atoms with E-state index >= 15 is 0 Å². The summed E-state index contributed by atoms with van der Waals surface area (Å²) in [5.74, 6) is 0. The fourth-order valence-electron chi connectivity index (χ4n) is 1.33. The maximum atomic E-state index is 11.3. The minimum atomic E-state index is -3.64. The summed E-state index contributed by atoms with van der Waals surface area (Å²) in [4.78, 5) is 0.205. The summed E-state index contributed by atoms with van der Waals surface area (Å²) in [7, 11) is 1.71. The van der Waals surface area contributed by atoms with Crippen molar-refractivity contribution in [2.24, 2.45) is 0 Å². The third-order valence-electron chi connectivity index (χ3n) is 2.32. The standard InChI is InChI=1S/C11H15ClO2S/c1-8-5-6-9(11(2,3)4)7-10(8)15(12,13)14/h5-7H,1-4H3. The number of rotatable bonds is 1. The molecule has 0 heterocycles. The molecule has 1 aromatic rings. The van der Waals surface area contributed by atoms with E-state index in [1.807, 2.05) is 26.8 Å². The predicted molar refractivity (Wildman–Crippen MR) is 62.9 cm³/mol. The highest BCUT2D eigenvalue weighted by Crippen LogP contribution is 2.28. The third kappa shape index (κ3) is 2.95. The van der Waals surface area contributed by atoms with Gasteiger partial charge in [-0.05, 0) is 29.5 Å². The zero-order valence-corrected chi connectivity index (χ0v) is 10.9. The van der Waals surface area contributed by atoms with Crippen molar-refractivity contribution >= 4 is 19.7 Å². The maximum absolute atomic E-state index is 11.3. The minimum absolute atomic E-state index is 0.0793. The zero-order valence-electron chi connectivity index (χ0n) is 9.33. The summed E-state index contributed by atoms with van der Waals surface area (Å²) >= 11 is 0. The van der Waals surface area contributed by atoms with Crippen LogP contribution in [0.15, 0.2) is 23.1 Å². The van der Waals surface area contributed by atoms with Gasteiger partial charge in [0.05, 0.1) is 4.90 Å². The summed E-state index contributed by atoms with van der Waals surface area (Å²) in [6.45, 7) is 7.83. The number of hydrogen-bond acceptors (Lipinski definition) is 2. The van der Waals surface area contributed by atoms with Crippen molar-refractivity contribution < 1.29 is 8.42 Å². The average molecular weight is 247 g/mol. The predicted octanol–water partition coefficient (Wildman–Crippen LogP) is 3.22. The van der Waals surface area contributed by atoms with Gasteiger partial charge in [-0.2, -0.15) is 0 Å². The number of halogens is 1. The van der Waals surface area contributed by atoms with E-state index in [1.54, 1.807) is 19.1 Å². The minimum Gasteiger partial charge on any atom is -0.207 e. The Morgan fingerprint density at radius 3 is 2.13 bits per heavy atom. The Bertz CT molecular complexity index is 470. The fraction of sp³-hybridized carbons (Fsp3) is 0.455. The number of benzene rings is 1. The first-order chi connectivity index (χ1) is 6.62. The molecule has 0 aliphatic heterocycles. The van der Waals surface area contributed by atoms with Gasteiger partial charge in [0.25, 0.3) is 9.05 Å². The second kappa shape index (κ2) is 3.80. The van der Waals surface area contributed by atoms with E-state index in [2.05, 4.69) is 0 Å². The van der Waals surface area contributed by atoms with E-state index in [0.29, 0.717) is 5.56 Å². The molecule has 84 valence electrons. The van der Waals surface area contributed by atoms with Gasteiger partial charge in [-0.1, -0.05) is 32.9 Å². The van der Waals surface area contributed by atoms with Gasteiger partial charge in [0.1, 0.15) is 0 Å². The molecular formula is C11H15ClO2S. The van der Waals surface area contributed by atoms with Gasteiger partial charge in [-0.25, -0.2) is 8.42 Å². The Morgan fingerprint density at radius 2 is 1.73 bits per heavy atom. The van der Waals surface area contributed by atoms with Gasteiger partial charge in [0.15, 0.2) is 0 Å². The Labute approximate surface area is 95.7 Å². The van der Waals surface area contributed by atoms with E-state index < -0.39 is 9.05 Å². The van der Waals surface area contributed by atoms with Gasteiger partial charge in [-0.15, -0.1) is 0 Å². The van der Waals surface area contributed by atoms with Crippen LogP contribution in [0, 0.1) is 6.92 Å². The molecule has 0 saturated heterocycles. The first-order valence-corrected chi connectivity index (χ1v) is 6.99. The highest BCUT2D eigenvalue weighted by Gasteiger charge is 2.19.